The van der Waals surface area contributed by atoms with Gasteiger partial charge >= 0.3 is 0 Å². The fourth-order valence-electron chi connectivity index (χ4n) is 2.44. The zero-order chi connectivity index (χ0) is 14.4. The van der Waals surface area contributed by atoms with Crippen LogP contribution in [-0.2, 0) is 16.1 Å². The van der Waals surface area contributed by atoms with E-state index in [1.807, 2.05) is 30.3 Å². The van der Waals surface area contributed by atoms with Gasteiger partial charge in [-0.15, -0.1) is 0 Å². The summed E-state index contributed by atoms with van der Waals surface area (Å²) in [6, 6.07) is 9.73. The molecule has 0 spiro atoms. The molecule has 5 nitrogen and oxygen atoms in total. The summed E-state index contributed by atoms with van der Waals surface area (Å²) >= 11 is 0. The number of nitrogens with two attached hydrogens (primary N) is 1. The zero-order valence-electron chi connectivity index (χ0n) is 11.6. The minimum atomic E-state index is -0.859. The largest absolute Gasteiger partial charge is 0.395 e. The Morgan fingerprint density at radius 2 is 1.95 bits per heavy atom. The Hall–Kier alpha value is -1.43. The first kappa shape index (κ1) is 15.0. The van der Waals surface area contributed by atoms with Crippen molar-refractivity contribution in [3.05, 3.63) is 35.9 Å². The van der Waals surface area contributed by atoms with Gasteiger partial charge in [0.2, 0.25) is 5.91 Å². The second-order valence-electron chi connectivity index (χ2n) is 5.20. The van der Waals surface area contributed by atoms with Gasteiger partial charge in [-0.2, -0.15) is 0 Å². The van der Waals surface area contributed by atoms with Crippen LogP contribution < -0.4 is 5.73 Å². The van der Waals surface area contributed by atoms with Crippen molar-refractivity contribution in [1.29, 1.82) is 0 Å². The minimum absolute atomic E-state index is 0.0643. The summed E-state index contributed by atoms with van der Waals surface area (Å²) in [5.74, 6) is -0.0984. The quantitative estimate of drug-likeness (QED) is 0.823. The van der Waals surface area contributed by atoms with E-state index in [2.05, 4.69) is 0 Å². The maximum atomic E-state index is 12.6. The molecular weight excluding hydrogens is 256 g/mol. The van der Waals surface area contributed by atoms with Gasteiger partial charge in [-0.1, -0.05) is 30.3 Å². The van der Waals surface area contributed by atoms with Crippen molar-refractivity contribution in [2.45, 2.75) is 24.9 Å². The Morgan fingerprint density at radius 1 is 1.30 bits per heavy atom. The van der Waals surface area contributed by atoms with Gasteiger partial charge in [-0.25, -0.2) is 0 Å². The van der Waals surface area contributed by atoms with Crippen LogP contribution in [0.15, 0.2) is 30.3 Å². The number of ether oxygens (including phenoxy) is 1. The summed E-state index contributed by atoms with van der Waals surface area (Å²) in [7, 11) is 0. The molecule has 0 aromatic heterocycles. The van der Waals surface area contributed by atoms with Crippen molar-refractivity contribution in [3.63, 3.8) is 0 Å². The number of carbonyl (C=O) groups is 1. The van der Waals surface area contributed by atoms with Crippen molar-refractivity contribution >= 4 is 5.91 Å². The van der Waals surface area contributed by atoms with Crippen LogP contribution in [0.2, 0.25) is 0 Å². The molecule has 1 fully saturated rings. The van der Waals surface area contributed by atoms with Crippen LogP contribution in [0.1, 0.15) is 18.4 Å². The third-order valence-corrected chi connectivity index (χ3v) is 3.68. The van der Waals surface area contributed by atoms with Crippen LogP contribution >= 0.6 is 0 Å². The summed E-state index contributed by atoms with van der Waals surface area (Å²) in [4.78, 5) is 14.3. The van der Waals surface area contributed by atoms with Crippen LogP contribution in [-0.4, -0.2) is 47.8 Å². The van der Waals surface area contributed by atoms with Gasteiger partial charge in [0.1, 0.15) is 0 Å². The highest BCUT2D eigenvalue weighted by atomic mass is 16.5. The summed E-state index contributed by atoms with van der Waals surface area (Å²) in [6.45, 7) is 1.74. The SMILES string of the molecule is NC1(C(=O)N(CCO)Cc2ccccc2)CCOCC1. The number of rotatable bonds is 5. The standard InChI is InChI=1S/C15H22N2O3/c16-15(6-10-20-11-7-15)14(19)17(8-9-18)12-13-4-2-1-3-5-13/h1-5,18H,6-12,16H2. The van der Waals surface area contributed by atoms with E-state index in [1.165, 1.54) is 0 Å². The molecule has 0 atom stereocenters. The van der Waals surface area contributed by atoms with Crippen molar-refractivity contribution in [3.8, 4) is 0 Å². The van der Waals surface area contributed by atoms with E-state index in [1.54, 1.807) is 4.90 Å². The molecule has 2 rings (SSSR count). The maximum absolute atomic E-state index is 12.6. The average molecular weight is 278 g/mol. The van der Waals surface area contributed by atoms with Crippen LogP contribution in [0.5, 0.6) is 0 Å². The van der Waals surface area contributed by atoms with Crippen molar-refractivity contribution in [1.82, 2.24) is 4.90 Å². The molecule has 5 heteroatoms. The molecule has 1 aromatic carbocycles. The lowest BCUT2D eigenvalue weighted by Crippen LogP contribution is -2.58. The van der Waals surface area contributed by atoms with E-state index in [0.29, 0.717) is 39.1 Å². The van der Waals surface area contributed by atoms with Crippen LogP contribution in [0, 0.1) is 0 Å². The van der Waals surface area contributed by atoms with Gasteiger partial charge in [0.25, 0.3) is 0 Å². The second-order valence-corrected chi connectivity index (χ2v) is 5.20. The minimum Gasteiger partial charge on any atom is -0.395 e. The number of aliphatic hydroxyl groups excluding tert-OH is 1. The van der Waals surface area contributed by atoms with Gasteiger partial charge < -0.3 is 20.5 Å². The summed E-state index contributed by atoms with van der Waals surface area (Å²) in [6.07, 6.45) is 1.06. The third-order valence-electron chi connectivity index (χ3n) is 3.68. The lowest BCUT2D eigenvalue weighted by Gasteiger charge is -2.36. The Kier molecular flexibility index (Phi) is 5.11. The highest BCUT2D eigenvalue weighted by Crippen LogP contribution is 2.21. The first-order valence-electron chi connectivity index (χ1n) is 6.96. The van der Waals surface area contributed by atoms with Gasteiger partial charge in [0.05, 0.1) is 12.1 Å². The number of benzene rings is 1. The molecule has 1 aliphatic rings. The summed E-state index contributed by atoms with van der Waals surface area (Å²) in [5.41, 5.74) is 6.41. The number of hydrogen-bond donors (Lipinski definition) is 2. The van der Waals surface area contributed by atoms with Crippen LogP contribution in [0.25, 0.3) is 0 Å². The van der Waals surface area contributed by atoms with E-state index in [9.17, 15) is 9.90 Å². The van der Waals surface area contributed by atoms with Crippen molar-refractivity contribution < 1.29 is 14.6 Å². The Morgan fingerprint density at radius 3 is 2.55 bits per heavy atom. The lowest BCUT2D eigenvalue weighted by atomic mass is 9.89. The van der Waals surface area contributed by atoms with E-state index < -0.39 is 5.54 Å². The summed E-state index contributed by atoms with van der Waals surface area (Å²) in [5, 5.41) is 9.19. The Bertz CT molecular complexity index is 430. The molecule has 0 aliphatic carbocycles. The number of nitrogens with zero attached hydrogens (tertiary/aromatic N) is 1. The van der Waals surface area contributed by atoms with E-state index >= 15 is 0 Å². The molecule has 20 heavy (non-hydrogen) atoms. The topological polar surface area (TPSA) is 75.8 Å². The number of carbonyl (C=O) groups excluding carboxylic acids is 1. The smallest absolute Gasteiger partial charge is 0.243 e. The van der Waals surface area contributed by atoms with Gasteiger partial charge in [0.15, 0.2) is 0 Å². The Labute approximate surface area is 119 Å². The number of hydrogen-bond acceptors (Lipinski definition) is 4. The molecule has 0 bridgehead atoms. The molecular formula is C15H22N2O3. The fourth-order valence-corrected chi connectivity index (χ4v) is 2.44. The predicted molar refractivity (Wildman–Crippen MR) is 75.9 cm³/mol. The average Bonchev–Trinajstić information content (AvgIpc) is 2.48. The first-order chi connectivity index (χ1) is 9.65. The molecule has 1 aliphatic heterocycles. The van der Waals surface area contributed by atoms with E-state index in [-0.39, 0.29) is 12.5 Å². The zero-order valence-corrected chi connectivity index (χ0v) is 11.6. The third kappa shape index (κ3) is 3.56. The Balaban J connectivity index is 2.09. The van der Waals surface area contributed by atoms with Crippen LogP contribution in [0.4, 0.5) is 0 Å². The van der Waals surface area contributed by atoms with Gasteiger partial charge in [0, 0.05) is 26.3 Å². The molecule has 110 valence electrons. The summed E-state index contributed by atoms with van der Waals surface area (Å²) < 4.78 is 5.27. The predicted octanol–water partition coefficient (Wildman–Crippen LogP) is 0.515. The molecule has 0 radical (unpaired) electrons. The molecule has 1 amide bonds. The molecule has 0 saturated carbocycles. The van der Waals surface area contributed by atoms with Crippen molar-refractivity contribution in [2.75, 3.05) is 26.4 Å². The number of aliphatic hydroxyl groups is 1. The number of amides is 1. The second kappa shape index (κ2) is 6.83. The van der Waals surface area contributed by atoms with Gasteiger partial charge in [-0.05, 0) is 18.4 Å². The van der Waals surface area contributed by atoms with Gasteiger partial charge in [-0.3, -0.25) is 4.79 Å². The molecule has 1 saturated heterocycles. The highest BCUT2D eigenvalue weighted by Gasteiger charge is 2.38. The fraction of sp³-hybridized carbons (Fsp3) is 0.533. The molecule has 1 aromatic rings. The van der Waals surface area contributed by atoms with E-state index in [4.69, 9.17) is 10.5 Å². The lowest BCUT2D eigenvalue weighted by molar-refractivity contribution is -0.141. The highest BCUT2D eigenvalue weighted by molar-refractivity contribution is 5.86. The maximum Gasteiger partial charge on any atom is 0.243 e. The normalized spacial score (nSPS) is 17.7. The van der Waals surface area contributed by atoms with E-state index in [0.717, 1.165) is 5.56 Å². The van der Waals surface area contributed by atoms with Crippen molar-refractivity contribution in [2.24, 2.45) is 5.73 Å². The first-order valence-corrected chi connectivity index (χ1v) is 6.96. The monoisotopic (exact) mass is 278 g/mol. The molecule has 0 unspecified atom stereocenters. The van der Waals surface area contributed by atoms with Crippen LogP contribution in [0.3, 0.4) is 0 Å². The molecule has 1 heterocycles. The molecule has 3 N–H and O–H groups in total.